The zero-order chi connectivity index (χ0) is 29.8. The highest BCUT2D eigenvalue weighted by Crippen LogP contribution is 2.48. The van der Waals surface area contributed by atoms with Crippen LogP contribution < -0.4 is 30.2 Å². The Labute approximate surface area is 251 Å². The number of nitrogens with zero attached hydrogens (tertiary/aromatic N) is 4. The number of ketones is 1. The first-order valence-electron chi connectivity index (χ1n) is 13.0. The molecule has 5 rings (SSSR count). The number of hydrogen-bond donors (Lipinski definition) is 2. The molecule has 2 aliphatic rings. The predicted octanol–water partition coefficient (Wildman–Crippen LogP) is 4.60. The molecule has 216 valence electrons. The molecule has 2 heterocycles. The van der Waals surface area contributed by atoms with E-state index in [1.807, 2.05) is 18.2 Å². The van der Waals surface area contributed by atoms with Crippen molar-refractivity contribution in [1.82, 2.24) is 10.2 Å². The number of ether oxygens (including phenoxy) is 3. The maximum atomic E-state index is 13.4. The molecule has 1 aliphatic heterocycles. The number of methoxy groups -OCH3 is 3. The van der Waals surface area contributed by atoms with Crippen molar-refractivity contribution < 1.29 is 23.8 Å². The summed E-state index contributed by atoms with van der Waals surface area (Å²) in [6, 6.07) is 14.7. The number of benzene rings is 2. The van der Waals surface area contributed by atoms with E-state index in [2.05, 4.69) is 21.6 Å². The number of amides is 1. The summed E-state index contributed by atoms with van der Waals surface area (Å²) in [6.45, 7) is 0. The van der Waals surface area contributed by atoms with Gasteiger partial charge in [0.25, 0.3) is 0 Å². The quantitative estimate of drug-likeness (QED) is 0.330. The fraction of sp³-hybridized carbons (Fsp3) is 0.276. The molecule has 13 heteroatoms. The molecule has 1 atom stereocenters. The second-order valence-corrected chi connectivity index (χ2v) is 11.5. The molecule has 1 aromatic heterocycles. The summed E-state index contributed by atoms with van der Waals surface area (Å²) >= 11 is 2.45. The fourth-order valence-corrected chi connectivity index (χ4v) is 6.79. The molecule has 0 fully saturated rings. The number of Topliss-reactive ketones (excluding diaryl/α,β-unsaturated/α-hetero) is 1. The molecule has 3 N–H and O–H groups in total. The van der Waals surface area contributed by atoms with Crippen LogP contribution in [0.15, 0.2) is 69.5 Å². The first-order chi connectivity index (χ1) is 20.4. The number of hydrogen-bond acceptors (Lipinski definition) is 12. The molecule has 0 bridgehead atoms. The SMILES string of the molecule is COc1ccc(NC(=O)CSc2nnc(N3C(N)=C(C#N)C(c4ccccc4OC)C4=C3CCCC4=O)s2)cc1OC. The first kappa shape index (κ1) is 29.0. The zero-order valence-corrected chi connectivity index (χ0v) is 24.8. The average Bonchev–Trinajstić information content (AvgIpc) is 3.48. The molecule has 0 spiro atoms. The van der Waals surface area contributed by atoms with Crippen LogP contribution in [0.3, 0.4) is 0 Å². The van der Waals surface area contributed by atoms with E-state index in [4.69, 9.17) is 19.9 Å². The summed E-state index contributed by atoms with van der Waals surface area (Å²) in [5, 5.41) is 22.1. The Hall–Kier alpha value is -4.54. The Kier molecular flexibility index (Phi) is 8.65. The summed E-state index contributed by atoms with van der Waals surface area (Å²) in [7, 11) is 4.62. The van der Waals surface area contributed by atoms with E-state index in [0.717, 1.165) is 0 Å². The van der Waals surface area contributed by atoms with Gasteiger partial charge in [0, 0.05) is 35.0 Å². The topological polar surface area (TPSA) is 153 Å². The Balaban J connectivity index is 1.39. The number of nitrogens with one attached hydrogen (secondary N) is 1. The Morgan fingerprint density at radius 3 is 2.62 bits per heavy atom. The van der Waals surface area contributed by atoms with E-state index in [-0.39, 0.29) is 28.8 Å². The van der Waals surface area contributed by atoms with Gasteiger partial charge in [0.1, 0.15) is 11.6 Å². The van der Waals surface area contributed by atoms with Crippen LogP contribution in [-0.4, -0.2) is 49.0 Å². The zero-order valence-electron chi connectivity index (χ0n) is 23.2. The maximum Gasteiger partial charge on any atom is 0.234 e. The molecule has 3 aromatic rings. The third kappa shape index (κ3) is 5.50. The van der Waals surface area contributed by atoms with Crippen molar-refractivity contribution in [3.8, 4) is 23.3 Å². The molecule has 2 aromatic carbocycles. The van der Waals surface area contributed by atoms with Crippen molar-refractivity contribution in [2.75, 3.05) is 37.3 Å². The smallest absolute Gasteiger partial charge is 0.234 e. The van der Waals surface area contributed by atoms with Gasteiger partial charge in [-0.1, -0.05) is 41.3 Å². The lowest BCUT2D eigenvalue weighted by Crippen LogP contribution is -2.38. The van der Waals surface area contributed by atoms with Crippen LogP contribution in [0.5, 0.6) is 17.2 Å². The Morgan fingerprint density at radius 1 is 1.12 bits per heavy atom. The first-order valence-corrected chi connectivity index (χ1v) is 14.8. The Morgan fingerprint density at radius 2 is 1.88 bits per heavy atom. The summed E-state index contributed by atoms with van der Waals surface area (Å²) in [5.74, 6) is 0.988. The average molecular weight is 605 g/mol. The summed E-state index contributed by atoms with van der Waals surface area (Å²) < 4.78 is 16.6. The monoisotopic (exact) mass is 604 g/mol. The van der Waals surface area contributed by atoms with E-state index in [1.165, 1.54) is 30.2 Å². The highest BCUT2D eigenvalue weighted by Gasteiger charge is 2.42. The van der Waals surface area contributed by atoms with Gasteiger partial charge in [0.2, 0.25) is 11.0 Å². The van der Waals surface area contributed by atoms with Crippen LogP contribution in [0, 0.1) is 11.3 Å². The van der Waals surface area contributed by atoms with Crippen molar-refractivity contribution in [3.05, 3.63) is 70.7 Å². The lowest BCUT2D eigenvalue weighted by molar-refractivity contribution is -0.116. The van der Waals surface area contributed by atoms with E-state index in [9.17, 15) is 14.9 Å². The molecule has 11 nitrogen and oxygen atoms in total. The van der Waals surface area contributed by atoms with Gasteiger partial charge in [0.05, 0.1) is 44.6 Å². The van der Waals surface area contributed by atoms with Crippen LogP contribution in [-0.2, 0) is 9.59 Å². The number of carbonyl (C=O) groups is 2. The standard InChI is InChI=1S/C29H28N6O5S2/c1-38-21-10-5-4-7-17(21)25-18(14-30)27(31)35(19-8-6-9-20(36)26(19)25)28-33-34-29(42-28)41-15-24(37)32-16-11-12-22(39-2)23(13-16)40-3/h4-5,7,10-13,25H,6,8-9,15,31H2,1-3H3,(H,32,37). The number of nitrogens with two attached hydrogens (primary N) is 1. The van der Waals surface area contributed by atoms with E-state index < -0.39 is 5.92 Å². The lowest BCUT2D eigenvalue weighted by Gasteiger charge is -2.38. The minimum absolute atomic E-state index is 0.0386. The van der Waals surface area contributed by atoms with E-state index in [1.54, 1.807) is 43.4 Å². The third-order valence-corrected chi connectivity index (χ3v) is 8.99. The number of nitriles is 1. The molecular weight excluding hydrogens is 576 g/mol. The van der Waals surface area contributed by atoms with Gasteiger partial charge >= 0.3 is 0 Å². The van der Waals surface area contributed by atoms with Gasteiger partial charge in [-0.25, -0.2) is 0 Å². The minimum Gasteiger partial charge on any atom is -0.496 e. The van der Waals surface area contributed by atoms with Crippen LogP contribution in [0.25, 0.3) is 0 Å². The maximum absolute atomic E-state index is 13.4. The van der Waals surface area contributed by atoms with E-state index >= 15 is 0 Å². The van der Waals surface area contributed by atoms with Gasteiger partial charge in [-0.15, -0.1) is 10.2 Å². The van der Waals surface area contributed by atoms with Crippen LogP contribution in [0.2, 0.25) is 0 Å². The minimum atomic E-state index is -0.646. The van der Waals surface area contributed by atoms with Crippen molar-refractivity contribution in [3.63, 3.8) is 0 Å². The second-order valence-electron chi connectivity index (χ2n) is 9.32. The van der Waals surface area contributed by atoms with E-state index in [0.29, 0.717) is 68.5 Å². The van der Waals surface area contributed by atoms with Gasteiger partial charge in [-0.3, -0.25) is 14.5 Å². The van der Waals surface area contributed by atoms with Crippen LogP contribution in [0.1, 0.15) is 30.7 Å². The summed E-state index contributed by atoms with van der Waals surface area (Å²) in [5.41, 5.74) is 9.39. The molecule has 42 heavy (non-hydrogen) atoms. The number of thioether (sulfide) groups is 1. The predicted molar refractivity (Wildman–Crippen MR) is 160 cm³/mol. The second kappa shape index (κ2) is 12.5. The highest BCUT2D eigenvalue weighted by atomic mass is 32.2. The summed E-state index contributed by atoms with van der Waals surface area (Å²) in [4.78, 5) is 27.7. The number of anilines is 2. The molecule has 1 aliphatic carbocycles. The van der Waals surface area contributed by atoms with Crippen molar-refractivity contribution in [1.29, 1.82) is 5.26 Å². The highest BCUT2D eigenvalue weighted by molar-refractivity contribution is 8.01. The number of para-hydroxylation sites is 1. The molecular formula is C29H28N6O5S2. The van der Waals surface area contributed by atoms with Gasteiger partial charge in [-0.05, 0) is 31.0 Å². The van der Waals surface area contributed by atoms with Crippen LogP contribution >= 0.6 is 23.1 Å². The number of rotatable bonds is 9. The number of allylic oxidation sites excluding steroid dienone is 3. The van der Waals surface area contributed by atoms with Crippen molar-refractivity contribution in [2.24, 2.45) is 5.73 Å². The summed E-state index contributed by atoms with van der Waals surface area (Å²) in [6.07, 6.45) is 1.62. The number of aromatic nitrogens is 2. The molecule has 0 saturated carbocycles. The molecule has 1 unspecified atom stereocenters. The van der Waals surface area contributed by atoms with Crippen molar-refractivity contribution >= 4 is 45.6 Å². The molecule has 1 amide bonds. The molecule has 0 saturated heterocycles. The fourth-order valence-electron chi connectivity index (χ4n) is 5.11. The van der Waals surface area contributed by atoms with Gasteiger partial charge < -0.3 is 25.3 Å². The third-order valence-electron chi connectivity index (χ3n) is 6.94. The van der Waals surface area contributed by atoms with Gasteiger partial charge in [0.15, 0.2) is 21.6 Å². The molecule has 0 radical (unpaired) electrons. The largest absolute Gasteiger partial charge is 0.496 e. The normalized spacial score (nSPS) is 16.6. The van der Waals surface area contributed by atoms with Crippen molar-refractivity contribution in [2.45, 2.75) is 29.5 Å². The number of carbonyl (C=O) groups excluding carboxylic acids is 2. The van der Waals surface area contributed by atoms with Gasteiger partial charge in [-0.2, -0.15) is 5.26 Å². The van der Waals surface area contributed by atoms with Crippen LogP contribution in [0.4, 0.5) is 10.8 Å². The Bertz CT molecular complexity index is 1640. The lowest BCUT2D eigenvalue weighted by atomic mass is 9.75.